The van der Waals surface area contributed by atoms with E-state index in [4.69, 9.17) is 0 Å². The van der Waals surface area contributed by atoms with Crippen LogP contribution in [-0.2, 0) is 9.59 Å². The van der Waals surface area contributed by atoms with Gasteiger partial charge < -0.3 is 10.2 Å². The van der Waals surface area contributed by atoms with Gasteiger partial charge in [0, 0.05) is 25.6 Å². The van der Waals surface area contributed by atoms with Crippen molar-refractivity contribution in [3.63, 3.8) is 0 Å². The van der Waals surface area contributed by atoms with Crippen molar-refractivity contribution in [1.82, 2.24) is 20.0 Å². The summed E-state index contributed by atoms with van der Waals surface area (Å²) < 4.78 is 0. The third kappa shape index (κ3) is 3.31. The van der Waals surface area contributed by atoms with E-state index in [1.54, 1.807) is 6.92 Å². The molecular weight excluding hydrogens is 306 g/mol. The molecule has 1 aromatic heterocycles. The molecule has 0 aliphatic carbocycles. The number of hydrogen-bond acceptors (Lipinski definition) is 4. The lowest BCUT2D eigenvalue weighted by molar-refractivity contribution is -0.130. The molecule has 2 fully saturated rings. The topological polar surface area (TPSA) is 81.3 Å². The van der Waals surface area contributed by atoms with E-state index in [9.17, 15) is 9.59 Å². The van der Waals surface area contributed by atoms with Gasteiger partial charge in [0.25, 0.3) is 0 Å². The number of aromatic amines is 1. The largest absolute Gasteiger partial charge is 0.338 e. The molecule has 2 amide bonds. The van der Waals surface area contributed by atoms with Crippen LogP contribution in [0.5, 0.6) is 0 Å². The van der Waals surface area contributed by atoms with Gasteiger partial charge in [-0.1, -0.05) is 0 Å². The second kappa shape index (κ2) is 6.93. The van der Waals surface area contributed by atoms with Crippen LogP contribution in [-0.4, -0.2) is 63.5 Å². The van der Waals surface area contributed by atoms with Gasteiger partial charge in [0.05, 0.1) is 23.6 Å². The Morgan fingerprint density at radius 1 is 1.21 bits per heavy atom. The van der Waals surface area contributed by atoms with Crippen molar-refractivity contribution in [3.8, 4) is 0 Å². The highest BCUT2D eigenvalue weighted by atomic mass is 16.2. The van der Waals surface area contributed by atoms with Gasteiger partial charge in [-0.25, -0.2) is 0 Å². The standard InChI is InChI=1S/C17H27N5O2/c1-11-17(12(2)20-19-11)18-16(24)10-21-8-4-6-14(21)15-7-5-9-22(15)13(3)23/h14-15H,4-10H2,1-3H3,(H,18,24)(H,19,20). The molecule has 2 atom stereocenters. The minimum atomic E-state index is -0.0122. The first-order valence-corrected chi connectivity index (χ1v) is 8.80. The lowest BCUT2D eigenvalue weighted by Crippen LogP contribution is -2.49. The molecule has 1 aromatic rings. The van der Waals surface area contributed by atoms with Crippen molar-refractivity contribution in [2.45, 2.75) is 58.5 Å². The van der Waals surface area contributed by atoms with Crippen LogP contribution in [0, 0.1) is 13.8 Å². The number of anilines is 1. The minimum absolute atomic E-state index is 0.0122. The lowest BCUT2D eigenvalue weighted by atomic mass is 10.0. The molecule has 7 heteroatoms. The van der Waals surface area contributed by atoms with Crippen molar-refractivity contribution in [3.05, 3.63) is 11.4 Å². The Balaban J connectivity index is 1.63. The summed E-state index contributed by atoms with van der Waals surface area (Å²) in [4.78, 5) is 28.6. The normalized spacial score (nSPS) is 24.5. The van der Waals surface area contributed by atoms with Gasteiger partial charge in [0.2, 0.25) is 11.8 Å². The number of nitrogens with one attached hydrogen (secondary N) is 2. The van der Waals surface area contributed by atoms with Crippen LogP contribution in [0.1, 0.15) is 44.0 Å². The number of carbonyl (C=O) groups excluding carboxylic acids is 2. The van der Waals surface area contributed by atoms with Gasteiger partial charge in [-0.05, 0) is 46.1 Å². The van der Waals surface area contributed by atoms with E-state index in [0.29, 0.717) is 12.6 Å². The van der Waals surface area contributed by atoms with Gasteiger partial charge in [0.15, 0.2) is 0 Å². The van der Waals surface area contributed by atoms with Gasteiger partial charge >= 0.3 is 0 Å². The zero-order valence-corrected chi connectivity index (χ0v) is 14.8. The fourth-order valence-corrected chi connectivity index (χ4v) is 4.17. The molecule has 24 heavy (non-hydrogen) atoms. The molecule has 0 aromatic carbocycles. The Hall–Kier alpha value is -1.89. The highest BCUT2D eigenvalue weighted by Gasteiger charge is 2.39. The molecule has 7 nitrogen and oxygen atoms in total. The summed E-state index contributed by atoms with van der Waals surface area (Å²) >= 11 is 0. The second-order valence-corrected chi connectivity index (χ2v) is 6.96. The molecule has 2 N–H and O–H groups in total. The number of likely N-dealkylation sites (tertiary alicyclic amines) is 2. The monoisotopic (exact) mass is 333 g/mol. The molecule has 0 spiro atoms. The van der Waals surface area contributed by atoms with E-state index >= 15 is 0 Å². The summed E-state index contributed by atoms with van der Waals surface area (Å²) in [5, 5.41) is 9.97. The van der Waals surface area contributed by atoms with Crippen LogP contribution < -0.4 is 5.32 Å². The number of carbonyl (C=O) groups is 2. The first-order valence-electron chi connectivity index (χ1n) is 8.80. The Morgan fingerprint density at radius 2 is 1.92 bits per heavy atom. The zero-order valence-electron chi connectivity index (χ0n) is 14.8. The van der Waals surface area contributed by atoms with Crippen molar-refractivity contribution >= 4 is 17.5 Å². The third-order valence-electron chi connectivity index (χ3n) is 5.30. The Morgan fingerprint density at radius 3 is 2.58 bits per heavy atom. The van der Waals surface area contributed by atoms with E-state index in [0.717, 1.165) is 55.8 Å². The summed E-state index contributed by atoms with van der Waals surface area (Å²) in [6.45, 7) is 7.57. The molecule has 0 bridgehead atoms. The maximum atomic E-state index is 12.5. The Kier molecular flexibility index (Phi) is 4.89. The molecule has 2 saturated heterocycles. The van der Waals surface area contributed by atoms with Crippen LogP contribution in [0.4, 0.5) is 5.69 Å². The molecular formula is C17H27N5O2. The number of H-pyrrole nitrogens is 1. The van der Waals surface area contributed by atoms with Gasteiger partial charge in [-0.15, -0.1) is 0 Å². The number of aryl methyl sites for hydroxylation is 2. The van der Waals surface area contributed by atoms with Gasteiger partial charge in [-0.3, -0.25) is 19.6 Å². The lowest BCUT2D eigenvalue weighted by Gasteiger charge is -2.34. The molecule has 3 heterocycles. The van der Waals surface area contributed by atoms with Gasteiger partial charge in [0.1, 0.15) is 0 Å². The maximum Gasteiger partial charge on any atom is 0.238 e. The highest BCUT2D eigenvalue weighted by Crippen LogP contribution is 2.30. The summed E-state index contributed by atoms with van der Waals surface area (Å²) in [5.41, 5.74) is 2.46. The van der Waals surface area contributed by atoms with E-state index < -0.39 is 0 Å². The fourth-order valence-electron chi connectivity index (χ4n) is 4.17. The third-order valence-corrected chi connectivity index (χ3v) is 5.30. The molecule has 3 rings (SSSR count). The highest BCUT2D eigenvalue weighted by molar-refractivity contribution is 5.93. The minimum Gasteiger partial charge on any atom is -0.338 e. The Bertz CT molecular complexity index is 607. The van der Waals surface area contributed by atoms with Crippen molar-refractivity contribution < 1.29 is 9.59 Å². The second-order valence-electron chi connectivity index (χ2n) is 6.96. The van der Waals surface area contributed by atoms with Crippen LogP contribution >= 0.6 is 0 Å². The molecule has 0 saturated carbocycles. The van der Waals surface area contributed by atoms with E-state index in [1.165, 1.54) is 0 Å². The predicted molar refractivity (Wildman–Crippen MR) is 91.7 cm³/mol. The predicted octanol–water partition coefficient (Wildman–Crippen LogP) is 1.44. The summed E-state index contributed by atoms with van der Waals surface area (Å²) in [6, 6.07) is 0.559. The number of amides is 2. The van der Waals surface area contributed by atoms with Crippen LogP contribution in [0.3, 0.4) is 0 Å². The van der Waals surface area contributed by atoms with E-state index in [2.05, 4.69) is 20.4 Å². The fraction of sp³-hybridized carbons (Fsp3) is 0.706. The quantitative estimate of drug-likeness (QED) is 0.874. The van der Waals surface area contributed by atoms with Crippen LogP contribution in [0.15, 0.2) is 0 Å². The number of rotatable bonds is 4. The zero-order chi connectivity index (χ0) is 17.3. The van der Waals surface area contributed by atoms with Crippen LogP contribution in [0.2, 0.25) is 0 Å². The molecule has 2 aliphatic heterocycles. The average molecular weight is 333 g/mol. The van der Waals surface area contributed by atoms with Crippen molar-refractivity contribution in [1.29, 1.82) is 0 Å². The first kappa shape index (κ1) is 17.0. The summed E-state index contributed by atoms with van der Waals surface area (Å²) in [6.07, 6.45) is 4.26. The average Bonchev–Trinajstić information content (AvgIpc) is 3.23. The van der Waals surface area contributed by atoms with E-state index in [1.807, 2.05) is 18.7 Å². The maximum absolute atomic E-state index is 12.5. The SMILES string of the molecule is CC(=O)N1CCCC1C1CCCN1CC(=O)Nc1c(C)n[nH]c1C. The van der Waals surface area contributed by atoms with Crippen LogP contribution in [0.25, 0.3) is 0 Å². The summed E-state index contributed by atoms with van der Waals surface area (Å²) in [5.74, 6) is 0.139. The number of aromatic nitrogens is 2. The first-order chi connectivity index (χ1) is 11.5. The molecule has 2 unspecified atom stereocenters. The number of hydrogen-bond donors (Lipinski definition) is 2. The number of nitrogens with zero attached hydrogens (tertiary/aromatic N) is 3. The smallest absolute Gasteiger partial charge is 0.238 e. The Labute approximate surface area is 142 Å². The van der Waals surface area contributed by atoms with E-state index in [-0.39, 0.29) is 17.9 Å². The molecule has 2 aliphatic rings. The molecule has 0 radical (unpaired) electrons. The molecule has 132 valence electrons. The summed E-state index contributed by atoms with van der Waals surface area (Å²) in [7, 11) is 0. The van der Waals surface area contributed by atoms with Crippen molar-refractivity contribution in [2.75, 3.05) is 25.0 Å². The van der Waals surface area contributed by atoms with Gasteiger partial charge in [-0.2, -0.15) is 5.10 Å². The van der Waals surface area contributed by atoms with Crippen molar-refractivity contribution in [2.24, 2.45) is 0 Å².